The molecule has 0 bridgehead atoms. The molecule has 1 N–H and O–H groups in total. The van der Waals surface area contributed by atoms with E-state index >= 15 is 0 Å². The summed E-state index contributed by atoms with van der Waals surface area (Å²) in [4.78, 5) is 3.56. The lowest BCUT2D eigenvalue weighted by Gasteiger charge is -2.06. The number of hydrogen-bond donors (Lipinski definition) is 1. The normalized spacial score (nSPS) is 11.8. The average Bonchev–Trinajstić information content (AvgIpc) is 2.66. The highest BCUT2D eigenvalue weighted by Crippen LogP contribution is 2.35. The Bertz CT molecular complexity index is 503. The molecule has 3 nitrogen and oxygen atoms in total. The fraction of sp³-hybridized carbons (Fsp3) is 0.111. The van der Waals surface area contributed by atoms with Crippen molar-refractivity contribution in [2.75, 3.05) is 0 Å². The summed E-state index contributed by atoms with van der Waals surface area (Å²) in [6.45, 7) is 0. The first-order valence-electron chi connectivity index (χ1n) is 4.21. The van der Waals surface area contributed by atoms with Gasteiger partial charge in [0.05, 0.1) is 11.8 Å². The Hall–Kier alpha value is -1.92. The molecule has 0 aliphatic rings. The van der Waals surface area contributed by atoms with E-state index < -0.39 is 23.3 Å². The second-order valence-electron chi connectivity index (χ2n) is 2.99. The number of aromatic nitrogens is 3. The zero-order valence-electron chi connectivity index (χ0n) is 7.72. The van der Waals surface area contributed by atoms with E-state index in [-0.39, 0.29) is 5.69 Å². The minimum Gasteiger partial charge on any atom is -0.273 e. The summed E-state index contributed by atoms with van der Waals surface area (Å²) in [5.74, 6) is -0.825. The van der Waals surface area contributed by atoms with E-state index in [0.717, 1.165) is 12.3 Å². The molecule has 0 aliphatic heterocycles. The number of H-pyrrole nitrogens is 1. The van der Waals surface area contributed by atoms with Gasteiger partial charge in [0.15, 0.2) is 0 Å². The third-order valence-corrected chi connectivity index (χ3v) is 1.94. The third kappa shape index (κ3) is 1.75. The molecule has 84 valence electrons. The summed E-state index contributed by atoms with van der Waals surface area (Å²) in [5, 5.41) is 5.04. The largest absolute Gasteiger partial charge is 0.433 e. The molecule has 2 aromatic heterocycles. The molecule has 0 aromatic carbocycles. The number of nitrogens with one attached hydrogen (secondary N) is 1. The van der Waals surface area contributed by atoms with Crippen molar-refractivity contribution in [2.24, 2.45) is 0 Å². The molecule has 16 heavy (non-hydrogen) atoms. The highest BCUT2D eigenvalue weighted by molar-refractivity contribution is 5.62. The molecular formula is C9H5F4N3. The van der Waals surface area contributed by atoms with Crippen molar-refractivity contribution in [3.8, 4) is 11.3 Å². The minimum atomic E-state index is -4.62. The van der Waals surface area contributed by atoms with Crippen LogP contribution in [0.25, 0.3) is 11.3 Å². The number of halogens is 4. The third-order valence-electron chi connectivity index (χ3n) is 1.94. The van der Waals surface area contributed by atoms with E-state index in [0.29, 0.717) is 0 Å². The number of hydrogen-bond acceptors (Lipinski definition) is 2. The first-order valence-corrected chi connectivity index (χ1v) is 4.21. The summed E-state index contributed by atoms with van der Waals surface area (Å²) in [6, 6.07) is 2.33. The van der Waals surface area contributed by atoms with Gasteiger partial charge in [0.2, 0.25) is 0 Å². The van der Waals surface area contributed by atoms with Crippen molar-refractivity contribution >= 4 is 0 Å². The predicted octanol–water partition coefficient (Wildman–Crippen LogP) is 2.63. The van der Waals surface area contributed by atoms with Gasteiger partial charge in [-0.2, -0.15) is 18.3 Å². The van der Waals surface area contributed by atoms with Crippen LogP contribution in [0.3, 0.4) is 0 Å². The SMILES string of the molecule is Fc1cccnc1-c1cn[nH]c1C(F)(F)F. The molecule has 2 rings (SSSR count). The van der Waals surface area contributed by atoms with Crippen LogP contribution in [0.1, 0.15) is 5.69 Å². The van der Waals surface area contributed by atoms with E-state index in [9.17, 15) is 17.6 Å². The quantitative estimate of drug-likeness (QED) is 0.766. The van der Waals surface area contributed by atoms with Gasteiger partial charge in [-0.25, -0.2) is 4.39 Å². The van der Waals surface area contributed by atoms with Crippen molar-refractivity contribution < 1.29 is 17.6 Å². The average molecular weight is 231 g/mol. The van der Waals surface area contributed by atoms with Crippen molar-refractivity contribution in [1.29, 1.82) is 0 Å². The lowest BCUT2D eigenvalue weighted by atomic mass is 10.1. The first kappa shape index (κ1) is 10.6. The number of nitrogens with zero attached hydrogens (tertiary/aromatic N) is 2. The van der Waals surface area contributed by atoms with Crippen molar-refractivity contribution in [2.45, 2.75) is 6.18 Å². The van der Waals surface area contributed by atoms with Gasteiger partial charge in [0, 0.05) is 6.20 Å². The van der Waals surface area contributed by atoms with Gasteiger partial charge in [-0.1, -0.05) is 0 Å². The Labute approximate surface area is 87.1 Å². The van der Waals surface area contributed by atoms with Crippen LogP contribution in [-0.4, -0.2) is 15.2 Å². The topological polar surface area (TPSA) is 41.6 Å². The first-order chi connectivity index (χ1) is 7.50. The maximum Gasteiger partial charge on any atom is 0.433 e. The highest BCUT2D eigenvalue weighted by Gasteiger charge is 2.36. The molecule has 0 atom stereocenters. The highest BCUT2D eigenvalue weighted by atomic mass is 19.4. The zero-order chi connectivity index (χ0) is 11.8. The minimum absolute atomic E-state index is 0.372. The number of aromatic amines is 1. The molecule has 0 aliphatic carbocycles. The number of alkyl halides is 3. The van der Waals surface area contributed by atoms with Crippen LogP contribution in [0.4, 0.5) is 17.6 Å². The Morgan fingerprint density at radius 2 is 2.00 bits per heavy atom. The summed E-state index contributed by atoms with van der Waals surface area (Å²) < 4.78 is 50.7. The maximum absolute atomic E-state index is 13.2. The van der Waals surface area contributed by atoms with Gasteiger partial charge in [-0.3, -0.25) is 10.1 Å². The monoisotopic (exact) mass is 231 g/mol. The molecule has 0 saturated carbocycles. The van der Waals surface area contributed by atoms with Gasteiger partial charge >= 0.3 is 6.18 Å². The fourth-order valence-corrected chi connectivity index (χ4v) is 1.27. The summed E-state index contributed by atoms with van der Waals surface area (Å²) >= 11 is 0. The van der Waals surface area contributed by atoms with Crippen LogP contribution >= 0.6 is 0 Å². The van der Waals surface area contributed by atoms with E-state index in [1.807, 2.05) is 0 Å². The molecule has 0 fully saturated rings. The van der Waals surface area contributed by atoms with Gasteiger partial charge in [-0.15, -0.1) is 0 Å². The lowest BCUT2D eigenvalue weighted by Crippen LogP contribution is -2.08. The summed E-state index contributed by atoms with van der Waals surface area (Å²) in [6.07, 6.45) is -2.50. The van der Waals surface area contributed by atoms with E-state index in [1.54, 1.807) is 5.10 Å². The smallest absolute Gasteiger partial charge is 0.273 e. The second-order valence-corrected chi connectivity index (χ2v) is 2.99. The van der Waals surface area contributed by atoms with E-state index in [4.69, 9.17) is 0 Å². The molecule has 0 saturated heterocycles. The number of pyridine rings is 1. The van der Waals surface area contributed by atoms with Crippen molar-refractivity contribution in [3.05, 3.63) is 36.0 Å². The Kier molecular flexibility index (Phi) is 2.37. The van der Waals surface area contributed by atoms with Crippen LogP contribution in [0.15, 0.2) is 24.5 Å². The molecule has 2 aromatic rings. The van der Waals surface area contributed by atoms with E-state index in [2.05, 4.69) is 10.1 Å². The lowest BCUT2D eigenvalue weighted by molar-refractivity contribution is -0.140. The van der Waals surface area contributed by atoms with Crippen LogP contribution < -0.4 is 0 Å². The van der Waals surface area contributed by atoms with Gasteiger partial charge in [0.1, 0.15) is 17.2 Å². The number of rotatable bonds is 1. The molecule has 7 heteroatoms. The summed E-state index contributed by atoms with van der Waals surface area (Å²) in [5.41, 5.74) is -1.88. The zero-order valence-corrected chi connectivity index (χ0v) is 7.72. The van der Waals surface area contributed by atoms with Gasteiger partial charge in [-0.05, 0) is 12.1 Å². The van der Waals surface area contributed by atoms with Crippen molar-refractivity contribution in [1.82, 2.24) is 15.2 Å². The fourth-order valence-electron chi connectivity index (χ4n) is 1.27. The molecule has 0 spiro atoms. The molecule has 0 radical (unpaired) electrons. The van der Waals surface area contributed by atoms with Crippen LogP contribution in [0.2, 0.25) is 0 Å². The van der Waals surface area contributed by atoms with Crippen LogP contribution in [-0.2, 0) is 6.18 Å². The molecule has 0 unspecified atom stereocenters. The van der Waals surface area contributed by atoms with E-state index in [1.165, 1.54) is 12.3 Å². The molecule has 0 amide bonds. The van der Waals surface area contributed by atoms with Gasteiger partial charge < -0.3 is 0 Å². The molecule has 2 heterocycles. The van der Waals surface area contributed by atoms with Gasteiger partial charge in [0.25, 0.3) is 0 Å². The van der Waals surface area contributed by atoms with Crippen LogP contribution in [0.5, 0.6) is 0 Å². The summed E-state index contributed by atoms with van der Waals surface area (Å²) in [7, 11) is 0. The van der Waals surface area contributed by atoms with Crippen molar-refractivity contribution in [3.63, 3.8) is 0 Å². The molecular weight excluding hydrogens is 226 g/mol. The second kappa shape index (κ2) is 3.58. The van der Waals surface area contributed by atoms with Crippen LogP contribution in [0, 0.1) is 5.82 Å². The standard InChI is InChI=1S/C9H5F4N3/c10-6-2-1-3-14-7(6)5-4-15-16-8(5)9(11,12)13/h1-4H,(H,15,16). The maximum atomic E-state index is 13.2. The Morgan fingerprint density at radius 3 is 2.62 bits per heavy atom. The Morgan fingerprint density at radius 1 is 1.25 bits per heavy atom. The predicted molar refractivity (Wildman–Crippen MR) is 46.8 cm³/mol. The Balaban J connectivity index is 2.58.